The quantitative estimate of drug-likeness (QED) is 0.183. The molecule has 0 unspecified atom stereocenters. The molecule has 2 atom stereocenters. The van der Waals surface area contributed by atoms with Crippen LogP contribution in [-0.2, 0) is 35.2 Å². The van der Waals surface area contributed by atoms with Crippen molar-refractivity contribution in [3.05, 3.63) is 48.0 Å². The second kappa shape index (κ2) is 15.3. The minimum atomic E-state index is -1.20. The molecule has 0 bridgehead atoms. The normalized spacial score (nSPS) is 14.3. The number of nitrogens with zero attached hydrogens (tertiary/aromatic N) is 1. The molecule has 5 amide bonds. The molecule has 38 heavy (non-hydrogen) atoms. The molecule has 0 radical (unpaired) electrons. The molecular weight excluding hydrogens is 492 g/mol. The lowest BCUT2D eigenvalue weighted by molar-refractivity contribution is -0.139. The summed E-state index contributed by atoms with van der Waals surface area (Å²) in [6, 6.07) is 7.22. The highest BCUT2D eigenvalue weighted by Gasteiger charge is 2.28. The fourth-order valence-electron chi connectivity index (χ4n) is 3.97. The topological polar surface area (TPSA) is 162 Å². The number of carboxylic acid groups (broad SMARTS) is 1. The molecule has 2 rings (SSSR count). The molecule has 0 saturated carbocycles. The number of carboxylic acids is 1. The molecule has 0 aromatic heterocycles. The Kier molecular flexibility index (Phi) is 12.1. The second-order valence-corrected chi connectivity index (χ2v) is 9.58. The van der Waals surface area contributed by atoms with Gasteiger partial charge in [0.2, 0.25) is 17.7 Å². The number of unbranched alkanes of at least 4 members (excludes halogenated alkanes) is 2. The third kappa shape index (κ3) is 10.5. The van der Waals surface area contributed by atoms with Gasteiger partial charge in [-0.1, -0.05) is 50.6 Å². The van der Waals surface area contributed by atoms with Crippen molar-refractivity contribution >= 4 is 35.5 Å². The number of aliphatic carboxylic acids is 1. The monoisotopic (exact) mass is 528 g/mol. The predicted octanol–water partition coefficient (Wildman–Crippen LogP) is 0.931. The van der Waals surface area contributed by atoms with Crippen LogP contribution in [0.3, 0.4) is 0 Å². The Morgan fingerprint density at radius 1 is 0.868 bits per heavy atom. The van der Waals surface area contributed by atoms with Gasteiger partial charge in [-0.25, -0.2) is 0 Å². The number of rotatable bonds is 16. The van der Waals surface area contributed by atoms with Crippen LogP contribution < -0.4 is 16.0 Å². The highest BCUT2D eigenvalue weighted by molar-refractivity contribution is 6.12. The van der Waals surface area contributed by atoms with Crippen LogP contribution in [0.1, 0.15) is 51.5 Å². The summed E-state index contributed by atoms with van der Waals surface area (Å²) in [6.45, 7) is 3.47. The molecule has 0 spiro atoms. The van der Waals surface area contributed by atoms with Crippen LogP contribution in [0.15, 0.2) is 42.5 Å². The standard InChI is InChI=1S/C27H36N4O7/c1-18(2)15-20(26(37)28-17-25(35)36)30-27(38)21(16-19-9-5-3-6-10-19)29-22(32)11-7-4-8-14-31-23(33)12-13-24(31)34/h3,5-6,9-10,12-13,18,20-21H,4,7-8,11,14-17H2,1-2H3,(H,28,37)(H,29,32)(H,30,38)(H,35,36)/t20-,21-/m0/s1. The van der Waals surface area contributed by atoms with Gasteiger partial charge in [-0.2, -0.15) is 0 Å². The predicted molar refractivity (Wildman–Crippen MR) is 138 cm³/mol. The lowest BCUT2D eigenvalue weighted by Crippen LogP contribution is -2.55. The SMILES string of the molecule is CC(C)C[C@H](NC(=O)[C@H](Cc1ccccc1)NC(=O)CCCCCN1C(=O)C=CC1=O)C(=O)NCC(=O)O. The number of hydrogen-bond acceptors (Lipinski definition) is 6. The summed E-state index contributed by atoms with van der Waals surface area (Å²) < 4.78 is 0. The van der Waals surface area contributed by atoms with Crippen LogP contribution in [0.4, 0.5) is 0 Å². The van der Waals surface area contributed by atoms with Crippen molar-refractivity contribution in [2.45, 2.75) is 64.5 Å². The number of nitrogens with one attached hydrogen (secondary N) is 3. The first kappa shape index (κ1) is 30.2. The van der Waals surface area contributed by atoms with Gasteiger partial charge in [-0.15, -0.1) is 0 Å². The van der Waals surface area contributed by atoms with E-state index in [0.29, 0.717) is 25.7 Å². The molecule has 0 aliphatic carbocycles. The molecule has 0 saturated heterocycles. The first-order chi connectivity index (χ1) is 18.1. The lowest BCUT2D eigenvalue weighted by Gasteiger charge is -2.24. The van der Waals surface area contributed by atoms with Gasteiger partial charge < -0.3 is 21.1 Å². The van der Waals surface area contributed by atoms with Crippen LogP contribution in [-0.4, -0.2) is 70.7 Å². The molecule has 1 aromatic carbocycles. The van der Waals surface area contributed by atoms with Gasteiger partial charge in [-0.05, 0) is 30.7 Å². The van der Waals surface area contributed by atoms with Gasteiger partial charge in [0, 0.05) is 31.5 Å². The summed E-state index contributed by atoms with van der Waals surface area (Å²) >= 11 is 0. The van der Waals surface area contributed by atoms with E-state index in [1.807, 2.05) is 44.2 Å². The minimum Gasteiger partial charge on any atom is -0.480 e. The largest absolute Gasteiger partial charge is 0.480 e. The van der Waals surface area contributed by atoms with Crippen molar-refractivity contribution < 1.29 is 33.9 Å². The third-order valence-corrected chi connectivity index (χ3v) is 5.87. The number of carbonyl (C=O) groups is 6. The summed E-state index contributed by atoms with van der Waals surface area (Å²) in [6.07, 6.45) is 4.78. The van der Waals surface area contributed by atoms with Crippen LogP contribution >= 0.6 is 0 Å². The van der Waals surface area contributed by atoms with Gasteiger partial charge >= 0.3 is 5.97 Å². The van der Waals surface area contributed by atoms with Gasteiger partial charge in [-0.3, -0.25) is 33.7 Å². The van der Waals surface area contributed by atoms with E-state index in [1.54, 1.807) is 0 Å². The van der Waals surface area contributed by atoms with E-state index in [9.17, 15) is 28.8 Å². The van der Waals surface area contributed by atoms with Crippen molar-refractivity contribution in [1.29, 1.82) is 0 Å². The highest BCUT2D eigenvalue weighted by Crippen LogP contribution is 2.10. The van der Waals surface area contributed by atoms with E-state index >= 15 is 0 Å². The van der Waals surface area contributed by atoms with E-state index in [2.05, 4.69) is 16.0 Å². The maximum atomic E-state index is 13.2. The van der Waals surface area contributed by atoms with Crippen LogP contribution in [0, 0.1) is 5.92 Å². The fraction of sp³-hybridized carbons (Fsp3) is 0.481. The molecule has 1 aliphatic heterocycles. The van der Waals surface area contributed by atoms with Crippen LogP contribution in [0.25, 0.3) is 0 Å². The zero-order chi connectivity index (χ0) is 28.1. The molecule has 206 valence electrons. The molecule has 0 fully saturated rings. The number of hydrogen-bond donors (Lipinski definition) is 4. The van der Waals surface area contributed by atoms with Crippen molar-refractivity contribution in [2.75, 3.05) is 13.1 Å². The van der Waals surface area contributed by atoms with Crippen molar-refractivity contribution in [3.63, 3.8) is 0 Å². The highest BCUT2D eigenvalue weighted by atomic mass is 16.4. The summed E-state index contributed by atoms with van der Waals surface area (Å²) in [4.78, 5) is 73.6. The molecule has 1 aromatic rings. The Morgan fingerprint density at radius 2 is 1.53 bits per heavy atom. The molecule has 11 nitrogen and oxygen atoms in total. The Hall–Kier alpha value is -4.02. The third-order valence-electron chi connectivity index (χ3n) is 5.87. The van der Waals surface area contributed by atoms with Crippen molar-refractivity contribution in [3.8, 4) is 0 Å². The zero-order valence-corrected chi connectivity index (χ0v) is 21.8. The first-order valence-electron chi connectivity index (χ1n) is 12.7. The fourth-order valence-corrected chi connectivity index (χ4v) is 3.97. The number of amides is 5. The zero-order valence-electron chi connectivity index (χ0n) is 21.8. The average molecular weight is 529 g/mol. The minimum absolute atomic E-state index is 0.0416. The molecule has 11 heteroatoms. The van der Waals surface area contributed by atoms with Gasteiger partial charge in [0.1, 0.15) is 18.6 Å². The number of imide groups is 1. The van der Waals surface area contributed by atoms with E-state index < -0.39 is 36.4 Å². The van der Waals surface area contributed by atoms with Gasteiger partial charge in [0.15, 0.2) is 0 Å². The summed E-state index contributed by atoms with van der Waals surface area (Å²) in [5.74, 6) is -3.32. The lowest BCUT2D eigenvalue weighted by atomic mass is 10.0. The van der Waals surface area contributed by atoms with Crippen LogP contribution in [0.5, 0.6) is 0 Å². The Labute approximate surface area is 222 Å². The molecule has 1 aliphatic rings. The van der Waals surface area contributed by atoms with Crippen LogP contribution in [0.2, 0.25) is 0 Å². The Bertz CT molecular complexity index is 1020. The Balaban J connectivity index is 1.96. The number of benzene rings is 1. The second-order valence-electron chi connectivity index (χ2n) is 9.58. The molecule has 4 N–H and O–H groups in total. The van der Waals surface area contributed by atoms with Crippen molar-refractivity contribution in [2.24, 2.45) is 5.92 Å². The first-order valence-corrected chi connectivity index (χ1v) is 12.7. The summed E-state index contributed by atoms with van der Waals surface area (Å²) in [5, 5.41) is 16.6. The van der Waals surface area contributed by atoms with E-state index in [4.69, 9.17) is 5.11 Å². The smallest absolute Gasteiger partial charge is 0.322 e. The van der Waals surface area contributed by atoms with E-state index in [0.717, 1.165) is 10.5 Å². The average Bonchev–Trinajstić information content (AvgIpc) is 3.18. The molecule has 1 heterocycles. The van der Waals surface area contributed by atoms with E-state index in [-0.39, 0.29) is 43.0 Å². The summed E-state index contributed by atoms with van der Waals surface area (Å²) in [5.41, 5.74) is 0.817. The summed E-state index contributed by atoms with van der Waals surface area (Å²) in [7, 11) is 0. The van der Waals surface area contributed by atoms with Gasteiger partial charge in [0.25, 0.3) is 11.8 Å². The van der Waals surface area contributed by atoms with Crippen molar-refractivity contribution in [1.82, 2.24) is 20.9 Å². The van der Waals surface area contributed by atoms with Gasteiger partial charge in [0.05, 0.1) is 0 Å². The Morgan fingerprint density at radius 3 is 2.13 bits per heavy atom. The molecular formula is C27H36N4O7. The van der Waals surface area contributed by atoms with E-state index in [1.165, 1.54) is 12.2 Å². The number of carbonyl (C=O) groups excluding carboxylic acids is 5. The maximum absolute atomic E-state index is 13.2. The maximum Gasteiger partial charge on any atom is 0.322 e.